The molecular formula is C7H10N4O2S. The summed E-state index contributed by atoms with van der Waals surface area (Å²) in [6.07, 6.45) is 0.0189. The van der Waals surface area contributed by atoms with Gasteiger partial charge in [0.2, 0.25) is 0 Å². The third kappa shape index (κ3) is 1.26. The van der Waals surface area contributed by atoms with Crippen LogP contribution in [-0.4, -0.2) is 13.2 Å². The lowest BCUT2D eigenvalue weighted by molar-refractivity contribution is 0.171. The second kappa shape index (κ2) is 3.37. The summed E-state index contributed by atoms with van der Waals surface area (Å²) >= 11 is 1.61. The standard InChI is InChI=1S/C7H10N4O2S/c1-2-13-5-4(12-1)3-14-6(5)7-8-10-11-9-7/h3,7-11H,1-2H2. The molecule has 0 atom stereocenters. The highest BCUT2D eigenvalue weighted by atomic mass is 32.1. The van der Waals surface area contributed by atoms with Crippen LogP contribution in [-0.2, 0) is 0 Å². The number of hydrogen-bond acceptors (Lipinski definition) is 7. The van der Waals surface area contributed by atoms with Gasteiger partial charge in [-0.15, -0.1) is 11.3 Å². The molecule has 0 aromatic carbocycles. The molecule has 0 saturated carbocycles. The third-order valence-electron chi connectivity index (χ3n) is 2.09. The molecular weight excluding hydrogens is 204 g/mol. The van der Waals surface area contributed by atoms with E-state index >= 15 is 0 Å². The van der Waals surface area contributed by atoms with Gasteiger partial charge in [-0.3, -0.25) is 0 Å². The molecule has 1 aromatic heterocycles. The van der Waals surface area contributed by atoms with E-state index in [1.807, 2.05) is 5.38 Å². The fourth-order valence-electron chi connectivity index (χ4n) is 1.47. The van der Waals surface area contributed by atoms with Crippen molar-refractivity contribution in [1.82, 2.24) is 21.9 Å². The summed E-state index contributed by atoms with van der Waals surface area (Å²) in [5.41, 5.74) is 11.6. The van der Waals surface area contributed by atoms with Crippen LogP contribution in [0.15, 0.2) is 5.38 Å². The van der Waals surface area contributed by atoms with Crippen LogP contribution in [0.2, 0.25) is 0 Å². The molecule has 7 heteroatoms. The van der Waals surface area contributed by atoms with Crippen LogP contribution in [0.1, 0.15) is 11.0 Å². The molecule has 76 valence electrons. The minimum Gasteiger partial charge on any atom is -0.485 e. The Morgan fingerprint density at radius 3 is 2.86 bits per heavy atom. The van der Waals surface area contributed by atoms with Crippen LogP contribution >= 0.6 is 11.3 Å². The third-order valence-corrected chi connectivity index (χ3v) is 3.09. The molecule has 0 aliphatic carbocycles. The molecule has 2 aliphatic heterocycles. The summed E-state index contributed by atoms with van der Waals surface area (Å²) in [6.45, 7) is 1.25. The maximum absolute atomic E-state index is 5.56. The van der Waals surface area contributed by atoms with Crippen molar-refractivity contribution in [2.75, 3.05) is 13.2 Å². The van der Waals surface area contributed by atoms with E-state index in [0.29, 0.717) is 13.2 Å². The first-order chi connectivity index (χ1) is 6.95. The van der Waals surface area contributed by atoms with E-state index in [0.717, 1.165) is 16.4 Å². The molecule has 4 N–H and O–H groups in total. The van der Waals surface area contributed by atoms with Crippen molar-refractivity contribution in [2.45, 2.75) is 6.17 Å². The van der Waals surface area contributed by atoms with Crippen LogP contribution in [0.4, 0.5) is 0 Å². The van der Waals surface area contributed by atoms with E-state index in [1.165, 1.54) is 0 Å². The largest absolute Gasteiger partial charge is 0.485 e. The molecule has 0 spiro atoms. The van der Waals surface area contributed by atoms with Gasteiger partial charge in [0.25, 0.3) is 0 Å². The van der Waals surface area contributed by atoms with Gasteiger partial charge in [-0.2, -0.15) is 11.1 Å². The molecule has 0 radical (unpaired) electrons. The number of nitrogens with one attached hydrogen (secondary N) is 4. The Bertz CT molecular complexity index is 336. The van der Waals surface area contributed by atoms with Crippen LogP contribution in [0.3, 0.4) is 0 Å². The molecule has 3 heterocycles. The van der Waals surface area contributed by atoms with E-state index < -0.39 is 0 Å². The maximum Gasteiger partial charge on any atom is 0.178 e. The molecule has 0 unspecified atom stereocenters. The number of hydrazine groups is 3. The van der Waals surface area contributed by atoms with Gasteiger partial charge in [-0.05, 0) is 0 Å². The topological polar surface area (TPSA) is 66.6 Å². The summed E-state index contributed by atoms with van der Waals surface area (Å²) in [5, 5.41) is 1.96. The van der Waals surface area contributed by atoms with Crippen LogP contribution in [0.25, 0.3) is 0 Å². The summed E-state index contributed by atoms with van der Waals surface area (Å²) in [5.74, 6) is 1.68. The monoisotopic (exact) mass is 214 g/mol. The molecule has 0 bridgehead atoms. The second-order valence-electron chi connectivity index (χ2n) is 2.96. The normalized spacial score (nSPS) is 21.4. The van der Waals surface area contributed by atoms with Crippen LogP contribution in [0, 0.1) is 0 Å². The number of rotatable bonds is 1. The summed E-state index contributed by atoms with van der Waals surface area (Å²) in [6, 6.07) is 0. The SMILES string of the molecule is c1sc(C2NNNN2)c2c1OCCO2. The van der Waals surface area contributed by atoms with Gasteiger partial charge >= 0.3 is 0 Å². The van der Waals surface area contributed by atoms with Gasteiger partial charge in [-0.25, -0.2) is 10.9 Å². The summed E-state index contributed by atoms with van der Waals surface area (Å²) < 4.78 is 11.0. The average molecular weight is 214 g/mol. The first kappa shape index (κ1) is 8.45. The molecule has 14 heavy (non-hydrogen) atoms. The fourth-order valence-corrected chi connectivity index (χ4v) is 2.40. The Hall–Kier alpha value is -0.860. The lowest BCUT2D eigenvalue weighted by Gasteiger charge is -2.17. The van der Waals surface area contributed by atoms with Crippen molar-refractivity contribution in [3.05, 3.63) is 10.3 Å². The van der Waals surface area contributed by atoms with Gasteiger partial charge in [0, 0.05) is 5.38 Å². The Kier molecular flexibility index (Phi) is 2.03. The molecule has 1 fully saturated rings. The minimum atomic E-state index is 0.0189. The zero-order chi connectivity index (χ0) is 9.38. The Morgan fingerprint density at radius 1 is 1.21 bits per heavy atom. The van der Waals surface area contributed by atoms with E-state index in [-0.39, 0.29) is 6.17 Å². The molecule has 6 nitrogen and oxygen atoms in total. The van der Waals surface area contributed by atoms with Gasteiger partial charge in [0.1, 0.15) is 19.4 Å². The van der Waals surface area contributed by atoms with Gasteiger partial charge < -0.3 is 9.47 Å². The molecule has 3 rings (SSSR count). The van der Waals surface area contributed by atoms with Crippen molar-refractivity contribution >= 4 is 11.3 Å². The molecule has 0 amide bonds. The number of thiophene rings is 1. The highest BCUT2D eigenvalue weighted by Gasteiger charge is 2.26. The Labute approximate surface area is 84.5 Å². The van der Waals surface area contributed by atoms with Crippen LogP contribution < -0.4 is 31.4 Å². The lowest BCUT2D eigenvalue weighted by atomic mass is 10.3. The maximum atomic E-state index is 5.56. The highest BCUT2D eigenvalue weighted by molar-refractivity contribution is 7.10. The number of fused-ring (bicyclic) bond motifs is 1. The highest BCUT2D eigenvalue weighted by Crippen LogP contribution is 2.41. The summed E-state index contributed by atoms with van der Waals surface area (Å²) in [4.78, 5) is 1.08. The predicted molar refractivity (Wildman–Crippen MR) is 50.6 cm³/mol. The molecule has 1 aromatic rings. The minimum absolute atomic E-state index is 0.0189. The zero-order valence-electron chi connectivity index (χ0n) is 7.29. The first-order valence-electron chi connectivity index (χ1n) is 4.33. The quantitative estimate of drug-likeness (QED) is 0.512. The predicted octanol–water partition coefficient (Wildman–Crippen LogP) is -0.365. The van der Waals surface area contributed by atoms with Gasteiger partial charge in [-0.1, -0.05) is 0 Å². The van der Waals surface area contributed by atoms with Crippen molar-refractivity contribution in [2.24, 2.45) is 0 Å². The van der Waals surface area contributed by atoms with Crippen molar-refractivity contribution in [3.8, 4) is 11.5 Å². The molecule has 2 aliphatic rings. The van der Waals surface area contributed by atoms with Gasteiger partial charge in [0.05, 0.1) is 4.88 Å². The van der Waals surface area contributed by atoms with E-state index in [2.05, 4.69) is 21.9 Å². The Balaban J connectivity index is 1.93. The van der Waals surface area contributed by atoms with Crippen molar-refractivity contribution in [3.63, 3.8) is 0 Å². The van der Waals surface area contributed by atoms with E-state index in [9.17, 15) is 0 Å². The average Bonchev–Trinajstić information content (AvgIpc) is 2.85. The molecule has 1 saturated heterocycles. The van der Waals surface area contributed by atoms with E-state index in [4.69, 9.17) is 9.47 Å². The van der Waals surface area contributed by atoms with E-state index in [1.54, 1.807) is 11.3 Å². The Morgan fingerprint density at radius 2 is 2.00 bits per heavy atom. The fraction of sp³-hybridized carbons (Fsp3) is 0.429. The van der Waals surface area contributed by atoms with Crippen LogP contribution in [0.5, 0.6) is 11.5 Å². The smallest absolute Gasteiger partial charge is 0.178 e. The number of ether oxygens (including phenoxy) is 2. The zero-order valence-corrected chi connectivity index (χ0v) is 8.11. The van der Waals surface area contributed by atoms with Crippen molar-refractivity contribution in [1.29, 1.82) is 0 Å². The lowest BCUT2D eigenvalue weighted by Crippen LogP contribution is -2.33. The second-order valence-corrected chi connectivity index (χ2v) is 3.87. The van der Waals surface area contributed by atoms with Gasteiger partial charge in [0.15, 0.2) is 11.5 Å². The first-order valence-corrected chi connectivity index (χ1v) is 5.21. The number of hydrogen-bond donors (Lipinski definition) is 4. The van der Waals surface area contributed by atoms with Crippen molar-refractivity contribution < 1.29 is 9.47 Å². The summed E-state index contributed by atoms with van der Waals surface area (Å²) in [7, 11) is 0.